The van der Waals surface area contributed by atoms with E-state index in [0.717, 1.165) is 25.7 Å². The van der Waals surface area contributed by atoms with Gasteiger partial charge >= 0.3 is 0 Å². The van der Waals surface area contributed by atoms with E-state index in [-0.39, 0.29) is 83.1 Å². The molecule has 3 rings (SSSR count). The predicted molar refractivity (Wildman–Crippen MR) is 235 cm³/mol. The van der Waals surface area contributed by atoms with Crippen molar-refractivity contribution in [1.29, 1.82) is 5.26 Å². The van der Waals surface area contributed by atoms with Crippen LogP contribution in [0.1, 0.15) is 140 Å². The van der Waals surface area contributed by atoms with Gasteiger partial charge in [0.25, 0.3) is 0 Å². The van der Waals surface area contributed by atoms with E-state index in [1.807, 2.05) is 6.07 Å². The summed E-state index contributed by atoms with van der Waals surface area (Å²) < 4.78 is 11.9. The highest BCUT2D eigenvalue weighted by Crippen LogP contribution is 2.41. The number of nitrogens with two attached hydrogens (primary N) is 1. The number of hydrogen-bond donors (Lipinski definition) is 4. The molecule has 4 bridgehead atoms. The molecule has 1 aliphatic rings. The Bertz CT molecular complexity index is 1760. The van der Waals surface area contributed by atoms with Crippen LogP contribution in [0, 0.1) is 23.2 Å². The summed E-state index contributed by atoms with van der Waals surface area (Å²) in [4.78, 5) is 70.7. The van der Waals surface area contributed by atoms with E-state index in [0.29, 0.717) is 40.2 Å². The van der Waals surface area contributed by atoms with Crippen LogP contribution in [0.15, 0.2) is 36.4 Å². The molecule has 2 amide bonds. The Morgan fingerprint density at radius 2 is 1.46 bits per heavy atom. The highest BCUT2D eigenvalue weighted by atomic mass is 16.5. The zero-order valence-corrected chi connectivity index (χ0v) is 36.8. The van der Waals surface area contributed by atoms with Crippen molar-refractivity contribution < 1.29 is 43.7 Å². The van der Waals surface area contributed by atoms with Gasteiger partial charge in [-0.2, -0.15) is 5.26 Å². The summed E-state index contributed by atoms with van der Waals surface area (Å²) in [5.74, 6) is -2.73. The Morgan fingerprint density at radius 3 is 2.05 bits per heavy atom. The fraction of sp³-hybridized carbons (Fsp3) is 0.625. The van der Waals surface area contributed by atoms with Crippen molar-refractivity contribution in [3.63, 3.8) is 0 Å². The standard InChI is InChI=1S/C48H70N4O9/c1-4-5-6-7-8-9-10-11-12-13-14-16-38(55)32-37(22-24-50)48(59)52(3)46-36-19-21-45(61-28-26-54)40(33-36)39-30-35(18-20-44(39)60-27-25-53)31-41(42(56)17-15-23-49)51-47(58)34(2)29-43(46)57/h18-21,30,33-34,37,41,46,53-54H,4-17,22,24-29,31-32,50H2,1-3H3,(H,51,58)/t34-,37-,41+,46+/m1/s1. The van der Waals surface area contributed by atoms with Gasteiger partial charge in [0.15, 0.2) is 11.6 Å². The molecule has 336 valence electrons. The molecule has 0 radical (unpaired) electrons. The molecule has 2 aromatic carbocycles. The number of carbonyl (C=O) groups excluding carboxylic acids is 5. The van der Waals surface area contributed by atoms with Crippen molar-refractivity contribution in [2.45, 2.75) is 142 Å². The largest absolute Gasteiger partial charge is 0.491 e. The van der Waals surface area contributed by atoms with E-state index in [2.05, 4.69) is 12.2 Å². The molecule has 4 atom stereocenters. The molecular weight excluding hydrogens is 777 g/mol. The number of aliphatic hydroxyl groups excluding tert-OH is 2. The first-order valence-electron chi connectivity index (χ1n) is 22.4. The third-order valence-electron chi connectivity index (χ3n) is 11.4. The van der Waals surface area contributed by atoms with Crippen LogP contribution in [0.25, 0.3) is 11.1 Å². The lowest BCUT2D eigenvalue weighted by atomic mass is 9.88. The van der Waals surface area contributed by atoms with Crippen LogP contribution in [0.2, 0.25) is 0 Å². The molecule has 0 fully saturated rings. The minimum atomic E-state index is -1.20. The number of likely N-dealkylation sites (N-methyl/N-ethyl adjacent to an activating group) is 1. The van der Waals surface area contributed by atoms with Crippen LogP contribution < -0.4 is 20.5 Å². The lowest BCUT2D eigenvalue weighted by Gasteiger charge is -2.32. The van der Waals surface area contributed by atoms with Crippen LogP contribution in [0.5, 0.6) is 11.5 Å². The van der Waals surface area contributed by atoms with Gasteiger partial charge in [-0.1, -0.05) is 90.2 Å². The molecule has 0 saturated carbocycles. The number of carbonyl (C=O) groups is 5. The minimum absolute atomic E-state index is 0.00337. The zero-order valence-electron chi connectivity index (χ0n) is 36.8. The fourth-order valence-electron chi connectivity index (χ4n) is 7.98. The number of ketones is 3. The van der Waals surface area contributed by atoms with E-state index < -0.39 is 41.5 Å². The zero-order chi connectivity index (χ0) is 44.6. The number of amides is 2. The van der Waals surface area contributed by atoms with Crippen molar-refractivity contribution in [3.05, 3.63) is 47.5 Å². The monoisotopic (exact) mass is 847 g/mol. The van der Waals surface area contributed by atoms with Crippen molar-refractivity contribution >= 4 is 29.2 Å². The summed E-state index contributed by atoms with van der Waals surface area (Å²) in [5.41, 5.74) is 7.99. The summed E-state index contributed by atoms with van der Waals surface area (Å²) in [6, 6.07) is 9.99. The maximum absolute atomic E-state index is 14.5. The van der Waals surface area contributed by atoms with E-state index in [9.17, 15) is 39.4 Å². The Labute approximate surface area is 362 Å². The first-order valence-corrected chi connectivity index (χ1v) is 22.4. The SMILES string of the molecule is CCCCCCCCCCCCCC(=O)C[C@@H](CCN)C(=O)N(C)[C@@H]1C(=O)C[C@@H](C)C(=O)N[C@H](C(=O)CCC#N)Cc2ccc(OCCO)c(c2)-c2cc1ccc2OCCO. The smallest absolute Gasteiger partial charge is 0.226 e. The normalized spacial score (nSPS) is 17.1. The number of nitrogens with zero attached hydrogens (tertiary/aromatic N) is 2. The van der Waals surface area contributed by atoms with Gasteiger partial charge in [-0.05, 0) is 61.2 Å². The molecule has 5 N–H and O–H groups in total. The summed E-state index contributed by atoms with van der Waals surface area (Å²) >= 11 is 0. The molecule has 0 saturated heterocycles. The van der Waals surface area contributed by atoms with Gasteiger partial charge in [-0.3, -0.25) is 24.0 Å². The third-order valence-corrected chi connectivity index (χ3v) is 11.4. The lowest BCUT2D eigenvalue weighted by Crippen LogP contribution is -2.46. The Morgan fingerprint density at radius 1 is 0.869 bits per heavy atom. The summed E-state index contributed by atoms with van der Waals surface area (Å²) in [7, 11) is 1.52. The summed E-state index contributed by atoms with van der Waals surface area (Å²) in [5, 5.41) is 31.3. The first-order chi connectivity index (χ1) is 29.5. The van der Waals surface area contributed by atoms with Crippen molar-refractivity contribution in [2.75, 3.05) is 40.0 Å². The van der Waals surface area contributed by atoms with Crippen LogP contribution in [-0.2, 0) is 30.4 Å². The third kappa shape index (κ3) is 16.6. The van der Waals surface area contributed by atoms with E-state index >= 15 is 0 Å². The van der Waals surface area contributed by atoms with Gasteiger partial charge in [0.2, 0.25) is 11.8 Å². The van der Waals surface area contributed by atoms with E-state index in [1.54, 1.807) is 43.3 Å². The van der Waals surface area contributed by atoms with Gasteiger partial charge in [-0.25, -0.2) is 0 Å². The average molecular weight is 847 g/mol. The maximum atomic E-state index is 14.5. The number of nitriles is 1. The van der Waals surface area contributed by atoms with Gasteiger partial charge in [0.05, 0.1) is 25.3 Å². The number of hydrogen-bond acceptors (Lipinski definition) is 11. The fourth-order valence-corrected chi connectivity index (χ4v) is 7.98. The van der Waals surface area contributed by atoms with Gasteiger partial charge in [-0.15, -0.1) is 0 Å². The van der Waals surface area contributed by atoms with Crippen LogP contribution in [-0.4, -0.2) is 90.3 Å². The number of nitrogens with one attached hydrogen (secondary N) is 1. The van der Waals surface area contributed by atoms with Gasteiger partial charge in [0.1, 0.15) is 36.5 Å². The molecule has 1 aliphatic heterocycles. The number of aliphatic hydroxyl groups is 2. The van der Waals surface area contributed by atoms with E-state index in [4.69, 9.17) is 15.2 Å². The Kier molecular flexibility index (Phi) is 23.3. The van der Waals surface area contributed by atoms with Gasteiger partial charge in [0, 0.05) is 62.1 Å². The number of ether oxygens (including phenoxy) is 2. The van der Waals surface area contributed by atoms with Crippen LogP contribution >= 0.6 is 0 Å². The molecule has 2 aromatic rings. The van der Waals surface area contributed by atoms with Crippen molar-refractivity contribution in [3.8, 4) is 28.7 Å². The van der Waals surface area contributed by atoms with Crippen LogP contribution in [0.4, 0.5) is 0 Å². The minimum Gasteiger partial charge on any atom is -0.491 e. The molecule has 13 nitrogen and oxygen atoms in total. The molecule has 0 spiro atoms. The van der Waals surface area contributed by atoms with Crippen LogP contribution in [0.3, 0.4) is 0 Å². The van der Waals surface area contributed by atoms with Gasteiger partial charge < -0.3 is 35.6 Å². The number of Topliss-reactive ketones (excluding diaryl/α,β-unsaturated/α-hetero) is 3. The molecule has 0 aromatic heterocycles. The second-order valence-corrected chi connectivity index (χ2v) is 16.3. The molecule has 0 aliphatic carbocycles. The second kappa shape index (κ2) is 28.1. The topological polar surface area (TPSA) is 209 Å². The average Bonchev–Trinajstić information content (AvgIpc) is 3.25. The quantitative estimate of drug-likeness (QED) is 0.0693. The predicted octanol–water partition coefficient (Wildman–Crippen LogP) is 6.73. The van der Waals surface area contributed by atoms with Crippen molar-refractivity contribution in [1.82, 2.24) is 10.2 Å². The maximum Gasteiger partial charge on any atom is 0.226 e. The summed E-state index contributed by atoms with van der Waals surface area (Å²) in [6.45, 7) is 3.32. The highest BCUT2D eigenvalue weighted by molar-refractivity contribution is 5.96. The number of fused-ring (bicyclic) bond motifs is 5. The number of rotatable bonds is 27. The Balaban J connectivity index is 1.98. The molecular formula is C48H70N4O9. The first kappa shape index (κ1) is 50.7. The number of benzene rings is 2. The second-order valence-electron chi connectivity index (χ2n) is 16.3. The highest BCUT2D eigenvalue weighted by Gasteiger charge is 2.36. The molecule has 1 heterocycles. The Hall–Kier alpha value is -4.64. The molecule has 61 heavy (non-hydrogen) atoms. The van der Waals surface area contributed by atoms with E-state index in [1.165, 1.54) is 56.9 Å². The molecule has 0 unspecified atom stereocenters. The lowest BCUT2D eigenvalue weighted by molar-refractivity contribution is -0.143. The number of unbranched alkanes of at least 4 members (excludes halogenated alkanes) is 10. The molecule has 13 heteroatoms. The van der Waals surface area contributed by atoms with Crippen molar-refractivity contribution in [2.24, 2.45) is 17.6 Å². The summed E-state index contributed by atoms with van der Waals surface area (Å²) in [6.07, 6.45) is 13.1.